The lowest BCUT2D eigenvalue weighted by molar-refractivity contribution is 0.506. The van der Waals surface area contributed by atoms with Crippen LogP contribution in [0.25, 0.3) is 0 Å². The Bertz CT molecular complexity index is 619. The molecule has 0 fully saturated rings. The fraction of sp³-hybridized carbons (Fsp3) is 0.250. The van der Waals surface area contributed by atoms with Gasteiger partial charge < -0.3 is 5.32 Å². The average molecular weight is 372 g/mol. The van der Waals surface area contributed by atoms with Gasteiger partial charge in [-0.2, -0.15) is 0 Å². The second-order valence-electron chi connectivity index (χ2n) is 4.61. The van der Waals surface area contributed by atoms with E-state index < -0.39 is 11.6 Å². The van der Waals surface area contributed by atoms with Crippen LogP contribution < -0.4 is 5.32 Å². The van der Waals surface area contributed by atoms with Crippen molar-refractivity contribution in [2.75, 3.05) is 6.54 Å². The highest BCUT2D eigenvalue weighted by molar-refractivity contribution is 9.10. The van der Waals surface area contributed by atoms with Crippen LogP contribution in [0.15, 0.2) is 50.7 Å². The lowest BCUT2D eigenvalue weighted by atomic mass is 10.2. The normalized spacial score (nSPS) is 10.9. The van der Waals surface area contributed by atoms with Gasteiger partial charge in [-0.05, 0) is 54.9 Å². The molecule has 0 aliphatic carbocycles. The first-order valence-corrected chi connectivity index (χ1v) is 8.33. The molecule has 2 aromatic rings. The van der Waals surface area contributed by atoms with Crippen molar-refractivity contribution in [3.05, 3.63) is 58.1 Å². The summed E-state index contributed by atoms with van der Waals surface area (Å²) in [5.41, 5.74) is 1.13. The van der Waals surface area contributed by atoms with E-state index in [0.717, 1.165) is 40.5 Å². The Labute approximate surface area is 136 Å². The van der Waals surface area contributed by atoms with E-state index in [-0.39, 0.29) is 0 Å². The summed E-state index contributed by atoms with van der Waals surface area (Å²) in [5.74, 6) is -1.64. The van der Waals surface area contributed by atoms with Crippen LogP contribution in [0.1, 0.15) is 18.9 Å². The van der Waals surface area contributed by atoms with Crippen molar-refractivity contribution in [1.82, 2.24) is 5.32 Å². The maximum Gasteiger partial charge on any atom is 0.159 e. The van der Waals surface area contributed by atoms with E-state index in [4.69, 9.17) is 0 Å². The maximum atomic E-state index is 13.3. The lowest BCUT2D eigenvalue weighted by Gasteiger charge is -2.11. The smallest absolute Gasteiger partial charge is 0.159 e. The third-order valence-corrected chi connectivity index (χ3v) is 4.48. The fourth-order valence-corrected chi connectivity index (χ4v) is 3.21. The Morgan fingerprint density at radius 1 is 1.10 bits per heavy atom. The van der Waals surface area contributed by atoms with Gasteiger partial charge in [-0.25, -0.2) is 8.78 Å². The first-order valence-electron chi connectivity index (χ1n) is 6.72. The SMILES string of the molecule is CCCNCc1cc(Br)ccc1Sc1ccc(F)c(F)c1. The van der Waals surface area contributed by atoms with Gasteiger partial charge in [0.2, 0.25) is 0 Å². The summed E-state index contributed by atoms with van der Waals surface area (Å²) in [7, 11) is 0. The van der Waals surface area contributed by atoms with Crippen molar-refractivity contribution in [1.29, 1.82) is 0 Å². The van der Waals surface area contributed by atoms with E-state index in [9.17, 15) is 8.78 Å². The number of hydrogen-bond acceptors (Lipinski definition) is 2. The van der Waals surface area contributed by atoms with Gasteiger partial charge in [0.05, 0.1) is 0 Å². The molecule has 2 aromatic carbocycles. The van der Waals surface area contributed by atoms with Crippen LogP contribution in [0.2, 0.25) is 0 Å². The minimum atomic E-state index is -0.819. The fourth-order valence-electron chi connectivity index (χ4n) is 1.85. The summed E-state index contributed by atoms with van der Waals surface area (Å²) in [5, 5.41) is 3.36. The third kappa shape index (κ3) is 4.80. The van der Waals surface area contributed by atoms with E-state index in [1.807, 2.05) is 18.2 Å². The molecule has 0 spiro atoms. The van der Waals surface area contributed by atoms with Gasteiger partial charge in [-0.1, -0.05) is 34.6 Å². The second-order valence-corrected chi connectivity index (χ2v) is 6.64. The predicted octanol–water partition coefficient (Wildman–Crippen LogP) is 5.38. The molecule has 21 heavy (non-hydrogen) atoms. The maximum absolute atomic E-state index is 13.3. The molecule has 0 unspecified atom stereocenters. The first-order chi connectivity index (χ1) is 10.1. The molecule has 5 heteroatoms. The summed E-state index contributed by atoms with van der Waals surface area (Å²) in [6.45, 7) is 3.81. The molecule has 0 atom stereocenters. The highest BCUT2D eigenvalue weighted by Gasteiger charge is 2.08. The van der Waals surface area contributed by atoms with Crippen LogP contribution in [0.4, 0.5) is 8.78 Å². The quantitative estimate of drug-likeness (QED) is 0.684. The van der Waals surface area contributed by atoms with Crippen molar-refractivity contribution in [3.63, 3.8) is 0 Å². The van der Waals surface area contributed by atoms with Gasteiger partial charge >= 0.3 is 0 Å². The largest absolute Gasteiger partial charge is 0.313 e. The van der Waals surface area contributed by atoms with Gasteiger partial charge in [-0.3, -0.25) is 0 Å². The van der Waals surface area contributed by atoms with Crippen LogP contribution >= 0.6 is 27.7 Å². The van der Waals surface area contributed by atoms with Gasteiger partial charge in [0.25, 0.3) is 0 Å². The molecule has 0 amide bonds. The van der Waals surface area contributed by atoms with E-state index in [1.54, 1.807) is 6.07 Å². The number of nitrogens with one attached hydrogen (secondary N) is 1. The number of halogens is 3. The summed E-state index contributed by atoms with van der Waals surface area (Å²) in [6.07, 6.45) is 1.07. The highest BCUT2D eigenvalue weighted by atomic mass is 79.9. The Balaban J connectivity index is 2.19. The molecular weight excluding hydrogens is 356 g/mol. The first kappa shape index (κ1) is 16.5. The zero-order valence-electron chi connectivity index (χ0n) is 11.6. The zero-order chi connectivity index (χ0) is 15.2. The van der Waals surface area contributed by atoms with Crippen LogP contribution in [0, 0.1) is 11.6 Å². The van der Waals surface area contributed by atoms with Gasteiger partial charge in [0.1, 0.15) is 0 Å². The highest BCUT2D eigenvalue weighted by Crippen LogP contribution is 2.32. The topological polar surface area (TPSA) is 12.0 Å². The van der Waals surface area contributed by atoms with Crippen molar-refractivity contribution in [3.8, 4) is 0 Å². The molecular formula is C16H16BrF2NS. The second kappa shape index (κ2) is 7.92. The van der Waals surface area contributed by atoms with Crippen molar-refractivity contribution < 1.29 is 8.78 Å². The molecule has 2 rings (SSSR count). The number of rotatable bonds is 6. The average Bonchev–Trinajstić information content (AvgIpc) is 2.46. The van der Waals surface area contributed by atoms with E-state index in [1.165, 1.54) is 17.8 Å². The van der Waals surface area contributed by atoms with E-state index in [0.29, 0.717) is 4.90 Å². The Morgan fingerprint density at radius 2 is 1.90 bits per heavy atom. The van der Waals surface area contributed by atoms with Gasteiger partial charge in [0, 0.05) is 20.8 Å². The molecule has 0 heterocycles. The summed E-state index contributed by atoms with van der Waals surface area (Å²) >= 11 is 4.90. The summed E-state index contributed by atoms with van der Waals surface area (Å²) in [6, 6.07) is 9.96. The Kier molecular flexibility index (Phi) is 6.21. The summed E-state index contributed by atoms with van der Waals surface area (Å²) < 4.78 is 27.3. The molecule has 0 saturated heterocycles. The minimum absolute atomic E-state index is 0.688. The number of hydrogen-bond donors (Lipinski definition) is 1. The van der Waals surface area contributed by atoms with E-state index in [2.05, 4.69) is 28.2 Å². The van der Waals surface area contributed by atoms with Crippen LogP contribution in [0.3, 0.4) is 0 Å². The standard InChI is InChI=1S/C16H16BrF2NS/c1-2-7-20-10-11-8-12(17)3-6-16(11)21-13-4-5-14(18)15(19)9-13/h3-6,8-9,20H,2,7,10H2,1H3. The molecule has 1 N–H and O–H groups in total. The summed E-state index contributed by atoms with van der Waals surface area (Å²) in [4.78, 5) is 1.72. The van der Waals surface area contributed by atoms with Crippen molar-refractivity contribution in [2.45, 2.75) is 29.7 Å². The predicted molar refractivity (Wildman–Crippen MR) is 86.6 cm³/mol. The van der Waals surface area contributed by atoms with Crippen molar-refractivity contribution >= 4 is 27.7 Å². The third-order valence-electron chi connectivity index (χ3n) is 2.88. The monoisotopic (exact) mass is 371 g/mol. The molecule has 1 nitrogen and oxygen atoms in total. The van der Waals surface area contributed by atoms with Crippen LogP contribution in [0.5, 0.6) is 0 Å². The molecule has 0 aromatic heterocycles. The molecule has 0 saturated carbocycles. The zero-order valence-corrected chi connectivity index (χ0v) is 14.0. The Hall–Kier alpha value is -0.910. The van der Waals surface area contributed by atoms with Crippen molar-refractivity contribution in [2.24, 2.45) is 0 Å². The van der Waals surface area contributed by atoms with Gasteiger partial charge in [-0.15, -0.1) is 0 Å². The van der Waals surface area contributed by atoms with E-state index >= 15 is 0 Å². The van der Waals surface area contributed by atoms with Crippen LogP contribution in [-0.2, 0) is 6.54 Å². The molecule has 0 bridgehead atoms. The number of benzene rings is 2. The lowest BCUT2D eigenvalue weighted by Crippen LogP contribution is -2.14. The molecule has 0 aliphatic rings. The molecule has 0 aliphatic heterocycles. The Morgan fingerprint density at radius 3 is 2.62 bits per heavy atom. The molecule has 112 valence electrons. The molecule has 0 radical (unpaired) electrons. The minimum Gasteiger partial charge on any atom is -0.313 e. The van der Waals surface area contributed by atoms with Gasteiger partial charge in [0.15, 0.2) is 11.6 Å². The van der Waals surface area contributed by atoms with Crippen LogP contribution in [-0.4, -0.2) is 6.54 Å².